The molecule has 1 amide bonds. The van der Waals surface area contributed by atoms with Gasteiger partial charge < -0.3 is 9.74 Å². The van der Waals surface area contributed by atoms with Crippen LogP contribution in [0.1, 0.15) is 47.5 Å². The summed E-state index contributed by atoms with van der Waals surface area (Å²) < 4.78 is 27.8. The first kappa shape index (κ1) is 24.4. The van der Waals surface area contributed by atoms with Crippen LogP contribution in [0.4, 0.5) is 0 Å². The lowest BCUT2D eigenvalue weighted by atomic mass is 10.0. The molecule has 0 saturated carbocycles. The first-order valence-corrected chi connectivity index (χ1v) is 12.8. The van der Waals surface area contributed by atoms with Gasteiger partial charge in [0.05, 0.1) is 4.90 Å². The van der Waals surface area contributed by atoms with E-state index in [1.165, 1.54) is 10.4 Å². The Morgan fingerprint density at radius 3 is 2.53 bits per heavy atom. The number of benzene rings is 1. The van der Waals surface area contributed by atoms with Crippen LogP contribution in [0.2, 0.25) is 0 Å². The van der Waals surface area contributed by atoms with Gasteiger partial charge in [-0.05, 0) is 54.0 Å². The third-order valence-corrected chi connectivity index (χ3v) is 7.34. The zero-order chi connectivity index (χ0) is 23.5. The number of sulfonamides is 1. The van der Waals surface area contributed by atoms with Crippen molar-refractivity contribution in [2.75, 3.05) is 32.8 Å². The number of carbonyl (C=O) groups is 1. The van der Waals surface area contributed by atoms with E-state index < -0.39 is 10.0 Å². The third-order valence-electron chi connectivity index (χ3n) is 5.48. The van der Waals surface area contributed by atoms with Crippen LogP contribution in [0.25, 0.3) is 11.0 Å². The number of hydrogen-bond donors (Lipinski definition) is 0. The van der Waals surface area contributed by atoms with E-state index >= 15 is 0 Å². The van der Waals surface area contributed by atoms with Gasteiger partial charge in [-0.15, -0.1) is 5.10 Å². The van der Waals surface area contributed by atoms with Gasteiger partial charge in [0.2, 0.25) is 10.0 Å². The number of amides is 1. The van der Waals surface area contributed by atoms with Crippen LogP contribution in [-0.2, 0) is 14.8 Å². The Kier molecular flexibility index (Phi) is 7.76. The summed E-state index contributed by atoms with van der Waals surface area (Å²) in [5.41, 5.74) is 0.924. The minimum absolute atomic E-state index is 0.137. The second kappa shape index (κ2) is 10.2. The molecular weight excluding hydrogens is 430 g/mol. The van der Waals surface area contributed by atoms with E-state index in [1.807, 2.05) is 0 Å². The average Bonchev–Trinajstić information content (AvgIpc) is 3.13. The van der Waals surface area contributed by atoms with Crippen molar-refractivity contribution in [2.45, 2.75) is 52.4 Å². The Bertz CT molecular complexity index is 1020. The predicted molar refractivity (Wildman–Crippen MR) is 122 cm³/mol. The Hall–Kier alpha value is -2.20. The van der Waals surface area contributed by atoms with Crippen molar-refractivity contribution in [3.05, 3.63) is 18.2 Å². The molecule has 2 aromatic rings. The molecular formula is C22H35N5O4S. The normalized spacial score (nSPS) is 17.9. The molecule has 1 unspecified atom stereocenters. The molecule has 1 aliphatic rings. The van der Waals surface area contributed by atoms with E-state index in [2.05, 4.69) is 44.9 Å². The molecule has 1 atom stereocenters. The molecule has 1 saturated heterocycles. The molecule has 0 N–H and O–H groups in total. The largest absolute Gasteiger partial charge is 0.385 e. The summed E-state index contributed by atoms with van der Waals surface area (Å²) in [6.07, 6.45) is 1.89. The van der Waals surface area contributed by atoms with Crippen LogP contribution in [0.5, 0.6) is 0 Å². The second-order valence-electron chi connectivity index (χ2n) is 9.58. The number of carbonyl (C=O) groups excluding carboxylic acids is 1. The standard InChI is InChI=1S/C22H35N5O4S/c1-16(2)12-25(13-17(3)4)22(28)15-31-27-21-11-19(8-9-20(21)23-24-27)32(29,30)26-10-6-7-18(5)14-26/h8-9,11,16-18H,6-7,10,12-15H2,1-5H3. The highest BCUT2D eigenvalue weighted by atomic mass is 32.2. The van der Waals surface area contributed by atoms with Gasteiger partial charge >= 0.3 is 0 Å². The summed E-state index contributed by atoms with van der Waals surface area (Å²) in [6.45, 7) is 12.5. The van der Waals surface area contributed by atoms with Gasteiger partial charge in [-0.25, -0.2) is 8.42 Å². The van der Waals surface area contributed by atoms with Crippen LogP contribution in [-0.4, -0.2) is 71.5 Å². The van der Waals surface area contributed by atoms with Crippen molar-refractivity contribution in [2.24, 2.45) is 17.8 Å². The summed E-state index contributed by atoms with van der Waals surface area (Å²) >= 11 is 0. The van der Waals surface area contributed by atoms with Crippen LogP contribution in [0, 0.1) is 17.8 Å². The molecule has 10 heteroatoms. The van der Waals surface area contributed by atoms with E-state index in [-0.39, 0.29) is 17.4 Å². The first-order chi connectivity index (χ1) is 15.1. The molecule has 0 aliphatic carbocycles. The van der Waals surface area contributed by atoms with Gasteiger partial charge in [0.25, 0.3) is 5.91 Å². The lowest BCUT2D eigenvalue weighted by molar-refractivity contribution is -0.137. The quantitative estimate of drug-likeness (QED) is 0.564. The number of fused-ring (bicyclic) bond motifs is 1. The van der Waals surface area contributed by atoms with Crippen molar-refractivity contribution in [1.29, 1.82) is 0 Å². The van der Waals surface area contributed by atoms with Gasteiger partial charge in [0, 0.05) is 26.2 Å². The Labute approximate surface area is 190 Å². The van der Waals surface area contributed by atoms with Gasteiger partial charge in [-0.3, -0.25) is 4.79 Å². The zero-order valence-corrected chi connectivity index (χ0v) is 20.5. The number of hydrogen-bond acceptors (Lipinski definition) is 6. The molecule has 2 heterocycles. The number of nitrogens with zero attached hydrogens (tertiary/aromatic N) is 5. The van der Waals surface area contributed by atoms with Crippen molar-refractivity contribution in [3.8, 4) is 0 Å². The van der Waals surface area contributed by atoms with Crippen molar-refractivity contribution in [3.63, 3.8) is 0 Å². The maximum absolute atomic E-state index is 13.1. The van der Waals surface area contributed by atoms with Gasteiger partial charge in [-0.1, -0.05) is 39.5 Å². The molecule has 1 fully saturated rings. The van der Waals surface area contributed by atoms with E-state index in [0.717, 1.165) is 17.7 Å². The van der Waals surface area contributed by atoms with E-state index in [4.69, 9.17) is 4.84 Å². The Balaban J connectivity index is 1.78. The topological polar surface area (TPSA) is 97.6 Å². The van der Waals surface area contributed by atoms with E-state index in [1.54, 1.807) is 17.0 Å². The van der Waals surface area contributed by atoms with Crippen LogP contribution < -0.4 is 4.84 Å². The zero-order valence-electron chi connectivity index (χ0n) is 19.7. The maximum Gasteiger partial charge on any atom is 0.263 e. The van der Waals surface area contributed by atoms with Crippen LogP contribution in [0.3, 0.4) is 0 Å². The SMILES string of the molecule is CC(C)CN(CC(C)C)C(=O)COn1nnc2ccc(S(=O)(=O)N3CCCC(C)C3)cc21. The first-order valence-electron chi connectivity index (χ1n) is 11.3. The maximum atomic E-state index is 13.1. The van der Waals surface area contributed by atoms with Gasteiger partial charge in [0.1, 0.15) is 11.0 Å². The summed E-state index contributed by atoms with van der Waals surface area (Å²) in [4.78, 5) is 21.5. The monoisotopic (exact) mass is 465 g/mol. The summed E-state index contributed by atoms with van der Waals surface area (Å²) in [5.74, 6) is 0.885. The molecule has 1 aromatic carbocycles. The average molecular weight is 466 g/mol. The fourth-order valence-electron chi connectivity index (χ4n) is 4.01. The summed E-state index contributed by atoms with van der Waals surface area (Å²) in [5, 5.41) is 8.00. The molecule has 1 aromatic heterocycles. The Morgan fingerprint density at radius 2 is 1.91 bits per heavy atom. The number of piperidine rings is 1. The summed E-state index contributed by atoms with van der Waals surface area (Å²) in [7, 11) is -3.62. The highest BCUT2D eigenvalue weighted by Crippen LogP contribution is 2.25. The molecule has 0 bridgehead atoms. The fraction of sp³-hybridized carbons (Fsp3) is 0.682. The number of rotatable bonds is 9. The fourth-order valence-corrected chi connectivity index (χ4v) is 5.63. The molecule has 0 spiro atoms. The molecule has 32 heavy (non-hydrogen) atoms. The Morgan fingerprint density at radius 1 is 1.22 bits per heavy atom. The van der Waals surface area contributed by atoms with E-state index in [9.17, 15) is 13.2 Å². The molecule has 1 aliphatic heterocycles. The van der Waals surface area contributed by atoms with Crippen molar-refractivity contribution in [1.82, 2.24) is 24.4 Å². The van der Waals surface area contributed by atoms with Crippen LogP contribution in [0.15, 0.2) is 23.1 Å². The smallest absolute Gasteiger partial charge is 0.263 e. The minimum Gasteiger partial charge on any atom is -0.385 e. The number of aromatic nitrogens is 3. The van der Waals surface area contributed by atoms with Gasteiger partial charge in [0.15, 0.2) is 6.61 Å². The molecule has 178 valence electrons. The predicted octanol–water partition coefficient (Wildman–Crippen LogP) is 2.42. The van der Waals surface area contributed by atoms with Crippen LogP contribution >= 0.6 is 0 Å². The highest BCUT2D eigenvalue weighted by Gasteiger charge is 2.29. The molecule has 9 nitrogen and oxygen atoms in total. The minimum atomic E-state index is -3.62. The van der Waals surface area contributed by atoms with Crippen molar-refractivity contribution >= 4 is 27.0 Å². The van der Waals surface area contributed by atoms with Gasteiger partial charge in [-0.2, -0.15) is 4.31 Å². The lowest BCUT2D eigenvalue weighted by Crippen LogP contribution is -2.41. The highest BCUT2D eigenvalue weighted by molar-refractivity contribution is 7.89. The van der Waals surface area contributed by atoms with E-state index in [0.29, 0.717) is 55.0 Å². The van der Waals surface area contributed by atoms with Crippen molar-refractivity contribution < 1.29 is 18.0 Å². The summed E-state index contributed by atoms with van der Waals surface area (Å²) in [6, 6.07) is 4.69. The second-order valence-corrected chi connectivity index (χ2v) is 11.5. The third kappa shape index (κ3) is 5.78. The lowest BCUT2D eigenvalue weighted by Gasteiger charge is -2.30. The molecule has 0 radical (unpaired) electrons. The molecule has 3 rings (SSSR count).